The van der Waals surface area contributed by atoms with E-state index < -0.39 is 141 Å². The maximum Gasteiger partial charge on any atom is 0.460 e. The third-order valence-electron chi connectivity index (χ3n) is 15.7. The van der Waals surface area contributed by atoms with Crippen LogP contribution in [0.5, 0.6) is 0 Å². The minimum Gasteiger partial charge on any atom is -0.200 e. The van der Waals surface area contributed by atoms with E-state index in [4.69, 9.17) is 0 Å². The molecule has 0 aliphatic rings. The van der Waals surface area contributed by atoms with Gasteiger partial charge in [0.05, 0.1) is 0 Å². The van der Waals surface area contributed by atoms with E-state index in [1.54, 1.807) is 72.8 Å². The molecule has 0 aromatic heterocycles. The number of hydrogen-bond acceptors (Lipinski definition) is 0. The fourth-order valence-corrected chi connectivity index (χ4v) is 18.7. The minimum atomic E-state index is -8.11. The van der Waals surface area contributed by atoms with E-state index in [1.165, 1.54) is 55.4 Å². The van der Waals surface area contributed by atoms with Crippen LogP contribution in [0, 0.1) is 22.9 Å². The van der Waals surface area contributed by atoms with Gasteiger partial charge in [-0.1, -0.05) is 116 Å². The Labute approximate surface area is 455 Å². The molecular formula is C55H51F25Si2. The standard InChI is InChI=1S/C55H51F25Si2/c1-30(2)81(31(3)4,24-20-45(58,59)48(64,65)51(70,71)50(68,69)47(62,63)44(9,56)57)22-18-38-40-26-34-14-10-12-16-36(34)28-42(40)39(43-29-37-17-13-11-15-35(37)27-41(38)43)19-23-82(32(5)6,33(7)8)25-21-46(60,61)49(66,67)52(72,73)53(74,75)54(76,77)55(78,79)80/h10-17,26-33H,20-21,24-25H2,1-9H3. The highest BCUT2D eigenvalue weighted by molar-refractivity contribution is 6.90. The summed E-state index contributed by atoms with van der Waals surface area (Å²) in [6, 6.07) is 16.5. The van der Waals surface area contributed by atoms with Gasteiger partial charge in [0.1, 0.15) is 16.1 Å². The number of halogens is 25. The van der Waals surface area contributed by atoms with Gasteiger partial charge in [0.15, 0.2) is 0 Å². The topological polar surface area (TPSA) is 0 Å². The predicted molar refractivity (Wildman–Crippen MR) is 267 cm³/mol. The van der Waals surface area contributed by atoms with Crippen LogP contribution in [0.25, 0.3) is 43.1 Å². The average molecular weight is 1240 g/mol. The van der Waals surface area contributed by atoms with Gasteiger partial charge < -0.3 is 0 Å². The molecule has 0 amide bonds. The van der Waals surface area contributed by atoms with Crippen molar-refractivity contribution in [1.82, 2.24) is 0 Å². The minimum absolute atomic E-state index is 0.0186. The molecule has 82 heavy (non-hydrogen) atoms. The average Bonchev–Trinajstić information content (AvgIpc) is 2.50. The lowest BCUT2D eigenvalue weighted by molar-refractivity contribution is -0.439. The van der Waals surface area contributed by atoms with Gasteiger partial charge in [-0.2, -0.15) is 110 Å². The Morgan fingerprint density at radius 2 is 0.573 bits per heavy atom. The molecule has 0 saturated carbocycles. The lowest BCUT2D eigenvalue weighted by atomic mass is 9.89. The molecule has 0 aliphatic heterocycles. The summed E-state index contributed by atoms with van der Waals surface area (Å²) in [5, 5.41) is 2.43. The van der Waals surface area contributed by atoms with E-state index in [0.717, 1.165) is 0 Å². The van der Waals surface area contributed by atoms with Gasteiger partial charge >= 0.3 is 71.3 Å². The van der Waals surface area contributed by atoms with Crippen LogP contribution in [0.15, 0.2) is 72.8 Å². The van der Waals surface area contributed by atoms with Crippen molar-refractivity contribution in [2.24, 2.45) is 0 Å². The van der Waals surface area contributed by atoms with Crippen LogP contribution in [-0.4, -0.2) is 87.5 Å². The quantitative estimate of drug-likeness (QED) is 0.0335. The summed E-state index contributed by atoms with van der Waals surface area (Å²) < 4.78 is 361. The first-order valence-corrected chi connectivity index (χ1v) is 29.6. The van der Waals surface area contributed by atoms with Gasteiger partial charge in [-0.3, -0.25) is 0 Å². The van der Waals surface area contributed by atoms with Crippen LogP contribution >= 0.6 is 0 Å². The zero-order valence-electron chi connectivity index (χ0n) is 44.5. The molecule has 5 aromatic carbocycles. The highest BCUT2D eigenvalue weighted by Crippen LogP contribution is 2.63. The van der Waals surface area contributed by atoms with E-state index in [2.05, 4.69) is 22.9 Å². The fourth-order valence-electron chi connectivity index (χ4n) is 10.2. The first-order chi connectivity index (χ1) is 36.8. The Bertz CT molecular complexity index is 2980. The molecule has 0 radical (unpaired) electrons. The lowest BCUT2D eigenvalue weighted by Gasteiger charge is -2.42. The number of benzene rings is 5. The lowest BCUT2D eigenvalue weighted by Crippen LogP contribution is -2.70. The van der Waals surface area contributed by atoms with Gasteiger partial charge in [0, 0.05) is 30.9 Å². The van der Waals surface area contributed by atoms with Crippen molar-refractivity contribution in [2.45, 2.75) is 181 Å². The molecule has 0 saturated heterocycles. The maximum absolute atomic E-state index is 15.7. The molecule has 0 N–H and O–H groups in total. The van der Waals surface area contributed by atoms with Gasteiger partial charge in [-0.15, -0.1) is 11.1 Å². The van der Waals surface area contributed by atoms with Gasteiger partial charge in [0.25, 0.3) is 0 Å². The maximum atomic E-state index is 15.7. The first kappa shape index (κ1) is 67.7. The SMILES string of the molecule is CC(C)[Si](C#Cc1c2cc3ccccc3cc2c(C#C[Si](CCC(F)(F)C(F)(F)C(F)(F)C(F)(F)C(F)(F)C(F)(F)F)(C(C)C)C(C)C)c2cc3ccccc3cc12)(CCC(F)(F)C(F)(F)C(F)(F)C(F)(F)C(F)(F)C(C)(F)F)C(C)C. The van der Waals surface area contributed by atoms with Crippen LogP contribution in [0.3, 0.4) is 0 Å². The fraction of sp³-hybridized carbons (Fsp3) is 0.527. The van der Waals surface area contributed by atoms with E-state index in [-0.39, 0.29) is 32.7 Å². The highest BCUT2D eigenvalue weighted by Gasteiger charge is 2.91. The third-order valence-corrected chi connectivity index (χ3v) is 27.3. The molecule has 5 rings (SSSR count). The molecule has 27 heteroatoms. The van der Waals surface area contributed by atoms with Gasteiger partial charge in [-0.05, 0) is 102 Å². The molecule has 5 aromatic rings. The summed E-state index contributed by atoms with van der Waals surface area (Å²) in [6.45, 7) is 10.0. The van der Waals surface area contributed by atoms with Crippen molar-refractivity contribution < 1.29 is 110 Å². The molecule has 0 bridgehead atoms. The summed E-state index contributed by atoms with van der Waals surface area (Å²) in [7, 11) is -8.28. The predicted octanol–water partition coefficient (Wildman–Crippen LogP) is 21.0. The highest BCUT2D eigenvalue weighted by atomic mass is 28.3. The van der Waals surface area contributed by atoms with Crippen LogP contribution in [0.1, 0.15) is 86.3 Å². The van der Waals surface area contributed by atoms with Crippen LogP contribution < -0.4 is 0 Å². The van der Waals surface area contributed by atoms with Crippen molar-refractivity contribution in [2.75, 3.05) is 0 Å². The van der Waals surface area contributed by atoms with Crippen LogP contribution in [-0.2, 0) is 0 Å². The second-order valence-corrected chi connectivity index (χ2v) is 32.1. The number of rotatable bonds is 19. The third kappa shape index (κ3) is 10.6. The van der Waals surface area contributed by atoms with Crippen LogP contribution in [0.2, 0.25) is 34.3 Å². The summed E-state index contributed by atoms with van der Waals surface area (Å²) in [4.78, 5) is 0. The Morgan fingerprint density at radius 3 is 0.793 bits per heavy atom. The summed E-state index contributed by atoms with van der Waals surface area (Å²) >= 11 is 0. The second kappa shape index (κ2) is 21.5. The number of alkyl halides is 25. The first-order valence-electron chi connectivity index (χ1n) is 24.9. The smallest absolute Gasteiger partial charge is 0.200 e. The summed E-state index contributed by atoms with van der Waals surface area (Å²) in [6.07, 6.45) is -12.5. The van der Waals surface area contributed by atoms with Crippen LogP contribution in [0.4, 0.5) is 110 Å². The van der Waals surface area contributed by atoms with Gasteiger partial charge in [0.2, 0.25) is 0 Å². The summed E-state index contributed by atoms with van der Waals surface area (Å²) in [5.74, 6) is -74.7. The molecule has 0 nitrogen and oxygen atoms in total. The molecule has 454 valence electrons. The zero-order chi connectivity index (χ0) is 63.2. The molecule has 0 fully saturated rings. The van der Waals surface area contributed by atoms with Crippen molar-refractivity contribution in [3.8, 4) is 22.9 Å². The van der Waals surface area contributed by atoms with Crippen molar-refractivity contribution in [1.29, 1.82) is 0 Å². The van der Waals surface area contributed by atoms with Crippen molar-refractivity contribution in [3.63, 3.8) is 0 Å². The largest absolute Gasteiger partial charge is 0.460 e. The zero-order valence-corrected chi connectivity index (χ0v) is 46.5. The number of hydrogen-bond donors (Lipinski definition) is 0. The van der Waals surface area contributed by atoms with Crippen molar-refractivity contribution >= 4 is 59.2 Å². The van der Waals surface area contributed by atoms with Crippen molar-refractivity contribution in [3.05, 3.63) is 83.9 Å². The van der Waals surface area contributed by atoms with E-state index in [0.29, 0.717) is 21.5 Å². The Kier molecular flexibility index (Phi) is 17.7. The molecule has 0 heterocycles. The molecule has 0 atom stereocenters. The summed E-state index contributed by atoms with van der Waals surface area (Å²) in [5.41, 5.74) is 2.23. The van der Waals surface area contributed by atoms with Gasteiger partial charge in [-0.25, -0.2) is 0 Å². The Hall–Kier alpha value is -5.06. The Morgan fingerprint density at radius 1 is 0.341 bits per heavy atom. The molecular weight excluding hydrogens is 1190 g/mol. The van der Waals surface area contributed by atoms with E-state index in [9.17, 15) is 74.6 Å². The second-order valence-electron chi connectivity index (χ2n) is 21.8. The Balaban J connectivity index is 1.80. The number of fused-ring (bicyclic) bond motifs is 4. The molecule has 0 unspecified atom stereocenters. The van der Waals surface area contributed by atoms with E-state index in [1.807, 2.05) is 0 Å². The molecule has 0 aliphatic carbocycles. The molecule has 0 spiro atoms. The normalized spacial score (nSPS) is 14.9. The monoisotopic (exact) mass is 1240 g/mol. The van der Waals surface area contributed by atoms with E-state index >= 15 is 35.1 Å².